The molecule has 0 fully saturated rings. The average molecular weight is 264 g/mol. The quantitative estimate of drug-likeness (QED) is 0.844. The van der Waals surface area contributed by atoms with E-state index in [4.69, 9.17) is 26.8 Å². The zero-order valence-corrected chi connectivity index (χ0v) is 10.8. The number of benzene rings is 2. The SMILES string of the molecule is CCOc1cccc(Oc2cc(Cl)ccc2N)c1. The smallest absolute Gasteiger partial charge is 0.151 e. The number of hydrogen-bond acceptors (Lipinski definition) is 3. The Balaban J connectivity index is 2.22. The molecule has 2 N–H and O–H groups in total. The maximum Gasteiger partial charge on any atom is 0.151 e. The van der Waals surface area contributed by atoms with E-state index < -0.39 is 0 Å². The fraction of sp³-hybridized carbons (Fsp3) is 0.143. The molecule has 0 bridgehead atoms. The second kappa shape index (κ2) is 5.65. The highest BCUT2D eigenvalue weighted by molar-refractivity contribution is 6.30. The van der Waals surface area contributed by atoms with Crippen molar-refractivity contribution >= 4 is 17.3 Å². The summed E-state index contributed by atoms with van der Waals surface area (Å²) in [5, 5.41) is 0.583. The van der Waals surface area contributed by atoms with Crippen molar-refractivity contribution in [1.29, 1.82) is 0 Å². The summed E-state index contributed by atoms with van der Waals surface area (Å²) in [5.74, 6) is 1.96. The van der Waals surface area contributed by atoms with Crippen LogP contribution in [0.2, 0.25) is 5.02 Å². The van der Waals surface area contributed by atoms with Crippen LogP contribution in [0, 0.1) is 0 Å². The third-order valence-corrected chi connectivity index (χ3v) is 2.56. The molecule has 3 nitrogen and oxygen atoms in total. The lowest BCUT2D eigenvalue weighted by Gasteiger charge is -2.10. The number of nitrogens with two attached hydrogens (primary N) is 1. The molecule has 0 unspecified atom stereocenters. The van der Waals surface area contributed by atoms with E-state index in [1.165, 1.54) is 0 Å². The van der Waals surface area contributed by atoms with E-state index in [2.05, 4.69) is 0 Å². The van der Waals surface area contributed by atoms with E-state index in [0.29, 0.717) is 28.8 Å². The van der Waals surface area contributed by atoms with Crippen molar-refractivity contribution in [3.05, 3.63) is 47.5 Å². The van der Waals surface area contributed by atoms with E-state index in [1.807, 2.05) is 31.2 Å². The first-order valence-electron chi connectivity index (χ1n) is 5.65. The van der Waals surface area contributed by atoms with Gasteiger partial charge in [0.15, 0.2) is 5.75 Å². The van der Waals surface area contributed by atoms with Crippen LogP contribution in [-0.4, -0.2) is 6.61 Å². The first-order chi connectivity index (χ1) is 8.69. The number of ether oxygens (including phenoxy) is 2. The van der Waals surface area contributed by atoms with E-state index >= 15 is 0 Å². The van der Waals surface area contributed by atoms with Gasteiger partial charge in [-0.25, -0.2) is 0 Å². The summed E-state index contributed by atoms with van der Waals surface area (Å²) >= 11 is 5.90. The third kappa shape index (κ3) is 3.08. The molecule has 2 rings (SSSR count). The molecule has 0 saturated carbocycles. The molecule has 0 aromatic heterocycles. The summed E-state index contributed by atoms with van der Waals surface area (Å²) in [6, 6.07) is 12.5. The van der Waals surface area contributed by atoms with E-state index in [0.717, 1.165) is 5.75 Å². The molecule has 0 aliphatic heterocycles. The molecule has 18 heavy (non-hydrogen) atoms. The molecule has 0 aliphatic carbocycles. The van der Waals surface area contributed by atoms with Gasteiger partial charge in [0.05, 0.1) is 12.3 Å². The Kier molecular flexibility index (Phi) is 3.95. The zero-order valence-electron chi connectivity index (χ0n) is 10.0. The van der Waals surface area contributed by atoms with Gasteiger partial charge in [-0.1, -0.05) is 17.7 Å². The summed E-state index contributed by atoms with van der Waals surface area (Å²) in [6.45, 7) is 2.55. The van der Waals surface area contributed by atoms with Gasteiger partial charge in [0.1, 0.15) is 11.5 Å². The molecule has 0 saturated heterocycles. The maximum atomic E-state index is 5.90. The number of hydrogen-bond donors (Lipinski definition) is 1. The average Bonchev–Trinajstić information content (AvgIpc) is 2.35. The van der Waals surface area contributed by atoms with Crippen molar-refractivity contribution in [2.45, 2.75) is 6.92 Å². The van der Waals surface area contributed by atoms with Crippen LogP contribution in [0.4, 0.5) is 5.69 Å². The summed E-state index contributed by atoms with van der Waals surface area (Å²) in [6.07, 6.45) is 0. The number of nitrogen functional groups attached to an aromatic ring is 1. The lowest BCUT2D eigenvalue weighted by molar-refractivity contribution is 0.338. The van der Waals surface area contributed by atoms with E-state index in [1.54, 1.807) is 18.2 Å². The van der Waals surface area contributed by atoms with Gasteiger partial charge in [-0.2, -0.15) is 0 Å². The predicted molar refractivity (Wildman–Crippen MR) is 73.5 cm³/mol. The van der Waals surface area contributed by atoms with E-state index in [9.17, 15) is 0 Å². The molecule has 0 spiro atoms. The fourth-order valence-corrected chi connectivity index (χ4v) is 1.68. The van der Waals surface area contributed by atoms with Gasteiger partial charge in [-0.05, 0) is 31.2 Å². The molecule has 0 aliphatic rings. The summed E-state index contributed by atoms with van der Waals surface area (Å²) < 4.78 is 11.1. The predicted octanol–water partition coefficient (Wildman–Crippen LogP) is 4.11. The minimum atomic E-state index is 0.538. The Bertz CT molecular complexity index is 543. The summed E-state index contributed by atoms with van der Waals surface area (Å²) in [4.78, 5) is 0. The third-order valence-electron chi connectivity index (χ3n) is 2.32. The molecule has 0 atom stereocenters. The van der Waals surface area contributed by atoms with Gasteiger partial charge >= 0.3 is 0 Å². The van der Waals surface area contributed by atoms with Crippen molar-refractivity contribution < 1.29 is 9.47 Å². The van der Waals surface area contributed by atoms with Crippen LogP contribution in [0.3, 0.4) is 0 Å². The van der Waals surface area contributed by atoms with Crippen LogP contribution >= 0.6 is 11.6 Å². The van der Waals surface area contributed by atoms with Gasteiger partial charge in [-0.15, -0.1) is 0 Å². The standard InChI is InChI=1S/C14H14ClNO2/c1-2-17-11-4-3-5-12(9-11)18-14-8-10(15)6-7-13(14)16/h3-9H,2,16H2,1H3. The van der Waals surface area contributed by atoms with Crippen LogP contribution in [0.1, 0.15) is 6.92 Å². The zero-order chi connectivity index (χ0) is 13.0. The Labute approximate surface area is 111 Å². The first kappa shape index (κ1) is 12.6. The van der Waals surface area contributed by atoms with Crippen LogP contribution in [0.25, 0.3) is 0 Å². The van der Waals surface area contributed by atoms with Crippen molar-refractivity contribution in [1.82, 2.24) is 0 Å². The molecule has 2 aromatic rings. The highest BCUT2D eigenvalue weighted by atomic mass is 35.5. The second-order valence-corrected chi connectivity index (χ2v) is 4.13. The fourth-order valence-electron chi connectivity index (χ4n) is 1.52. The number of rotatable bonds is 4. The van der Waals surface area contributed by atoms with Gasteiger partial charge < -0.3 is 15.2 Å². The maximum absolute atomic E-state index is 5.90. The minimum Gasteiger partial charge on any atom is -0.494 e. The van der Waals surface area contributed by atoms with Crippen LogP contribution in [0.5, 0.6) is 17.2 Å². The van der Waals surface area contributed by atoms with Crippen molar-refractivity contribution in [2.75, 3.05) is 12.3 Å². The molecular formula is C14H14ClNO2. The molecular weight excluding hydrogens is 250 g/mol. The van der Waals surface area contributed by atoms with Crippen LogP contribution in [-0.2, 0) is 0 Å². The van der Waals surface area contributed by atoms with Gasteiger partial charge in [0, 0.05) is 17.2 Å². The van der Waals surface area contributed by atoms with E-state index in [-0.39, 0.29) is 0 Å². The monoisotopic (exact) mass is 263 g/mol. The summed E-state index contributed by atoms with van der Waals surface area (Å²) in [5.41, 5.74) is 6.36. The topological polar surface area (TPSA) is 44.5 Å². The lowest BCUT2D eigenvalue weighted by Crippen LogP contribution is -1.94. The number of halogens is 1. The highest BCUT2D eigenvalue weighted by Crippen LogP contribution is 2.31. The first-order valence-corrected chi connectivity index (χ1v) is 6.02. The molecule has 0 heterocycles. The molecule has 94 valence electrons. The molecule has 0 radical (unpaired) electrons. The Morgan fingerprint density at radius 2 is 1.89 bits per heavy atom. The lowest BCUT2D eigenvalue weighted by atomic mass is 10.3. The van der Waals surface area contributed by atoms with Gasteiger partial charge in [0.25, 0.3) is 0 Å². The van der Waals surface area contributed by atoms with Crippen molar-refractivity contribution in [2.24, 2.45) is 0 Å². The number of anilines is 1. The summed E-state index contributed by atoms with van der Waals surface area (Å²) in [7, 11) is 0. The largest absolute Gasteiger partial charge is 0.494 e. The Morgan fingerprint density at radius 3 is 2.67 bits per heavy atom. The highest BCUT2D eigenvalue weighted by Gasteiger charge is 2.04. The van der Waals surface area contributed by atoms with Gasteiger partial charge in [0.2, 0.25) is 0 Å². The molecule has 2 aromatic carbocycles. The minimum absolute atomic E-state index is 0.538. The molecule has 4 heteroatoms. The van der Waals surface area contributed by atoms with Crippen LogP contribution in [0.15, 0.2) is 42.5 Å². The van der Waals surface area contributed by atoms with Crippen molar-refractivity contribution in [3.63, 3.8) is 0 Å². The normalized spacial score (nSPS) is 10.1. The Hall–Kier alpha value is -1.87. The Morgan fingerprint density at radius 1 is 1.11 bits per heavy atom. The molecule has 0 amide bonds. The second-order valence-electron chi connectivity index (χ2n) is 3.69. The van der Waals surface area contributed by atoms with Gasteiger partial charge in [-0.3, -0.25) is 0 Å². The van der Waals surface area contributed by atoms with Crippen LogP contribution < -0.4 is 15.2 Å². The van der Waals surface area contributed by atoms with Crippen molar-refractivity contribution in [3.8, 4) is 17.2 Å².